The van der Waals surface area contributed by atoms with Gasteiger partial charge in [-0.2, -0.15) is 0 Å². The van der Waals surface area contributed by atoms with E-state index in [0.29, 0.717) is 12.8 Å². The molecule has 20 heavy (non-hydrogen) atoms. The van der Waals surface area contributed by atoms with E-state index in [9.17, 15) is 19.1 Å². The zero-order valence-electron chi connectivity index (χ0n) is 12.6. The lowest BCUT2D eigenvalue weighted by atomic mass is 9.97. The van der Waals surface area contributed by atoms with Crippen molar-refractivity contribution >= 4 is 12.1 Å². The minimum absolute atomic E-state index is 0.104. The van der Waals surface area contributed by atoms with Gasteiger partial charge in [-0.1, -0.05) is 13.3 Å². The third-order valence-electron chi connectivity index (χ3n) is 3.32. The number of aliphatic carboxylic acids is 1. The standard InChI is InChI=1S/C14H24FNO4/c1-5-6-10(15)9-7-11(12(17)18)16(8-9)13(19)20-14(2,3)4/h9-11H,5-8H2,1-4H3,(H,17,18)/t9?,10?,11-/m0/s1. The molecule has 6 heteroatoms. The number of carboxylic acids is 1. The number of carboxylic acid groups (broad SMARTS) is 1. The lowest BCUT2D eigenvalue weighted by Crippen LogP contribution is -2.43. The van der Waals surface area contributed by atoms with E-state index in [1.807, 2.05) is 6.92 Å². The first kappa shape index (κ1) is 16.7. The van der Waals surface area contributed by atoms with E-state index >= 15 is 0 Å². The average Bonchev–Trinajstić information content (AvgIpc) is 2.71. The number of rotatable bonds is 4. The third-order valence-corrected chi connectivity index (χ3v) is 3.32. The molecule has 0 saturated carbocycles. The van der Waals surface area contributed by atoms with Crippen LogP contribution in [-0.2, 0) is 9.53 Å². The smallest absolute Gasteiger partial charge is 0.411 e. The van der Waals surface area contributed by atoms with Gasteiger partial charge in [-0.25, -0.2) is 14.0 Å². The van der Waals surface area contributed by atoms with E-state index in [2.05, 4.69) is 0 Å². The van der Waals surface area contributed by atoms with Crippen LogP contribution in [0.4, 0.5) is 9.18 Å². The van der Waals surface area contributed by atoms with Gasteiger partial charge in [0.15, 0.2) is 0 Å². The van der Waals surface area contributed by atoms with Crippen molar-refractivity contribution in [1.82, 2.24) is 4.90 Å². The highest BCUT2D eigenvalue weighted by molar-refractivity contribution is 5.81. The van der Waals surface area contributed by atoms with Crippen LogP contribution in [0.5, 0.6) is 0 Å². The summed E-state index contributed by atoms with van der Waals surface area (Å²) in [5, 5.41) is 9.19. The normalized spacial score (nSPS) is 24.6. The molecule has 0 radical (unpaired) electrons. The molecule has 0 bridgehead atoms. The molecule has 1 rings (SSSR count). The first-order valence-electron chi connectivity index (χ1n) is 7.02. The lowest BCUT2D eigenvalue weighted by Gasteiger charge is -2.27. The van der Waals surface area contributed by atoms with Gasteiger partial charge >= 0.3 is 12.1 Å². The summed E-state index contributed by atoms with van der Waals surface area (Å²) in [6.45, 7) is 7.12. The molecule has 1 fully saturated rings. The Bertz CT molecular complexity index is 367. The summed E-state index contributed by atoms with van der Waals surface area (Å²) >= 11 is 0. The summed E-state index contributed by atoms with van der Waals surface area (Å²) in [7, 11) is 0. The second kappa shape index (κ2) is 6.41. The number of carbonyl (C=O) groups excluding carboxylic acids is 1. The van der Waals surface area contributed by atoms with Gasteiger partial charge in [0.2, 0.25) is 0 Å². The molecule has 2 unspecified atom stereocenters. The number of amides is 1. The number of alkyl halides is 1. The van der Waals surface area contributed by atoms with Crippen molar-refractivity contribution in [2.24, 2.45) is 5.92 Å². The first-order chi connectivity index (χ1) is 9.15. The highest BCUT2D eigenvalue weighted by Gasteiger charge is 2.44. The van der Waals surface area contributed by atoms with Gasteiger partial charge in [0.25, 0.3) is 0 Å². The topological polar surface area (TPSA) is 66.8 Å². The van der Waals surface area contributed by atoms with Crippen LogP contribution in [0.2, 0.25) is 0 Å². The number of hydrogen-bond acceptors (Lipinski definition) is 3. The molecular formula is C14H24FNO4. The van der Waals surface area contributed by atoms with E-state index < -0.39 is 35.8 Å². The van der Waals surface area contributed by atoms with Crippen LogP contribution in [0, 0.1) is 5.92 Å². The monoisotopic (exact) mass is 289 g/mol. The van der Waals surface area contributed by atoms with Crippen LogP contribution in [0.15, 0.2) is 0 Å². The van der Waals surface area contributed by atoms with Gasteiger partial charge < -0.3 is 9.84 Å². The van der Waals surface area contributed by atoms with Gasteiger partial charge in [0.05, 0.1) is 0 Å². The molecule has 1 N–H and O–H groups in total. The highest BCUT2D eigenvalue weighted by atomic mass is 19.1. The predicted octanol–water partition coefficient (Wildman–Crippen LogP) is 2.83. The molecule has 0 aliphatic carbocycles. The molecule has 1 saturated heterocycles. The molecule has 0 spiro atoms. The third kappa shape index (κ3) is 4.35. The molecule has 0 aromatic heterocycles. The molecule has 5 nitrogen and oxygen atoms in total. The summed E-state index contributed by atoms with van der Waals surface area (Å²) in [4.78, 5) is 24.4. The number of ether oxygens (including phenoxy) is 1. The van der Waals surface area contributed by atoms with E-state index in [4.69, 9.17) is 4.74 Å². The largest absolute Gasteiger partial charge is 0.480 e. The summed E-state index contributed by atoms with van der Waals surface area (Å²) < 4.78 is 19.1. The Hall–Kier alpha value is -1.33. The van der Waals surface area contributed by atoms with Crippen LogP contribution in [0.1, 0.15) is 47.0 Å². The molecule has 116 valence electrons. The van der Waals surface area contributed by atoms with Crippen LogP contribution >= 0.6 is 0 Å². The van der Waals surface area contributed by atoms with Crippen molar-refractivity contribution in [3.63, 3.8) is 0 Å². The number of carbonyl (C=O) groups is 2. The Labute approximate surface area is 119 Å². The highest BCUT2D eigenvalue weighted by Crippen LogP contribution is 2.30. The Morgan fingerprint density at radius 2 is 2.05 bits per heavy atom. The van der Waals surface area contributed by atoms with Crippen LogP contribution < -0.4 is 0 Å². The van der Waals surface area contributed by atoms with E-state index in [0.717, 1.165) is 4.90 Å². The van der Waals surface area contributed by atoms with Crippen molar-refractivity contribution in [1.29, 1.82) is 0 Å². The van der Waals surface area contributed by atoms with Gasteiger partial charge in [-0.05, 0) is 33.6 Å². The molecule has 1 aliphatic rings. The van der Waals surface area contributed by atoms with Crippen molar-refractivity contribution in [2.75, 3.05) is 6.54 Å². The number of halogens is 1. The molecule has 1 heterocycles. The van der Waals surface area contributed by atoms with E-state index in [1.165, 1.54) is 0 Å². The molecule has 0 aromatic rings. The Morgan fingerprint density at radius 3 is 2.50 bits per heavy atom. The van der Waals surface area contributed by atoms with Gasteiger partial charge in [0, 0.05) is 12.5 Å². The quantitative estimate of drug-likeness (QED) is 0.864. The zero-order valence-corrected chi connectivity index (χ0v) is 12.6. The number of nitrogens with zero attached hydrogens (tertiary/aromatic N) is 1. The zero-order chi connectivity index (χ0) is 15.5. The Balaban J connectivity index is 2.77. The second-order valence-corrected chi connectivity index (χ2v) is 6.29. The predicted molar refractivity (Wildman–Crippen MR) is 72.3 cm³/mol. The summed E-state index contributed by atoms with van der Waals surface area (Å²) in [5.41, 5.74) is -0.698. The maximum atomic E-state index is 13.9. The van der Waals surface area contributed by atoms with Crippen LogP contribution in [-0.4, -0.2) is 46.4 Å². The molecule has 1 amide bonds. The fourth-order valence-electron chi connectivity index (χ4n) is 2.40. The fourth-order valence-corrected chi connectivity index (χ4v) is 2.40. The van der Waals surface area contributed by atoms with E-state index in [-0.39, 0.29) is 13.0 Å². The maximum absolute atomic E-state index is 13.9. The molecule has 1 aliphatic heterocycles. The van der Waals surface area contributed by atoms with E-state index in [1.54, 1.807) is 20.8 Å². The molecule has 3 atom stereocenters. The Kier molecular flexibility index (Phi) is 5.36. The fraction of sp³-hybridized carbons (Fsp3) is 0.857. The first-order valence-corrected chi connectivity index (χ1v) is 7.02. The lowest BCUT2D eigenvalue weighted by molar-refractivity contribution is -0.142. The Morgan fingerprint density at radius 1 is 1.45 bits per heavy atom. The van der Waals surface area contributed by atoms with Crippen molar-refractivity contribution < 1.29 is 23.8 Å². The minimum atomic E-state index is -1.11. The summed E-state index contributed by atoms with van der Waals surface area (Å²) in [6.07, 6.45) is -0.526. The van der Waals surface area contributed by atoms with Gasteiger partial charge in [-0.3, -0.25) is 4.90 Å². The second-order valence-electron chi connectivity index (χ2n) is 6.29. The van der Waals surface area contributed by atoms with Crippen LogP contribution in [0.3, 0.4) is 0 Å². The van der Waals surface area contributed by atoms with Crippen molar-refractivity contribution in [3.05, 3.63) is 0 Å². The van der Waals surface area contributed by atoms with Crippen LogP contribution in [0.25, 0.3) is 0 Å². The SMILES string of the molecule is CCCC(F)C1C[C@@H](C(=O)O)N(C(=O)OC(C)(C)C)C1. The maximum Gasteiger partial charge on any atom is 0.411 e. The summed E-state index contributed by atoms with van der Waals surface area (Å²) in [5.74, 6) is -1.54. The molecular weight excluding hydrogens is 265 g/mol. The number of likely N-dealkylation sites (tertiary alicyclic amines) is 1. The number of hydrogen-bond donors (Lipinski definition) is 1. The van der Waals surface area contributed by atoms with Crippen molar-refractivity contribution in [3.8, 4) is 0 Å². The average molecular weight is 289 g/mol. The molecule has 0 aromatic carbocycles. The summed E-state index contributed by atoms with van der Waals surface area (Å²) in [6, 6.07) is -0.995. The minimum Gasteiger partial charge on any atom is -0.480 e. The van der Waals surface area contributed by atoms with Gasteiger partial charge in [-0.15, -0.1) is 0 Å². The van der Waals surface area contributed by atoms with Crippen molar-refractivity contribution in [2.45, 2.75) is 64.8 Å². The van der Waals surface area contributed by atoms with Gasteiger partial charge in [0.1, 0.15) is 17.8 Å².